The van der Waals surface area contributed by atoms with Gasteiger partial charge in [-0.2, -0.15) is 0 Å². The predicted molar refractivity (Wildman–Crippen MR) is 100 cm³/mol. The molecule has 0 atom stereocenters. The number of carboxylic acid groups (broad SMARTS) is 1. The molecule has 0 aliphatic rings. The second-order valence-electron chi connectivity index (χ2n) is 5.15. The van der Waals surface area contributed by atoms with Crippen molar-refractivity contribution in [2.75, 3.05) is 0 Å². The van der Waals surface area contributed by atoms with Crippen molar-refractivity contribution in [1.82, 2.24) is 4.98 Å². The Hall–Kier alpha value is -2.08. The number of carbonyl (C=O) groups is 1. The number of hydrogen-bond donors (Lipinski definition) is 1. The van der Waals surface area contributed by atoms with Crippen LogP contribution in [0, 0.1) is 0 Å². The number of aromatic carboxylic acids is 1. The summed E-state index contributed by atoms with van der Waals surface area (Å²) >= 11 is 13.1. The lowest BCUT2D eigenvalue weighted by Gasteiger charge is -2.08. The molecule has 0 saturated heterocycles. The predicted octanol–water partition coefficient (Wildman–Crippen LogP) is 6.17. The second-order valence-corrected chi connectivity index (χ2v) is 7.00. The van der Waals surface area contributed by atoms with Gasteiger partial charge in [-0.1, -0.05) is 30.1 Å². The van der Waals surface area contributed by atoms with E-state index in [9.17, 15) is 9.90 Å². The van der Waals surface area contributed by atoms with E-state index in [0.29, 0.717) is 38.7 Å². The van der Waals surface area contributed by atoms with Crippen LogP contribution in [-0.4, -0.2) is 16.1 Å². The lowest BCUT2D eigenvalue weighted by Crippen LogP contribution is -1.97. The Labute approximate surface area is 158 Å². The summed E-state index contributed by atoms with van der Waals surface area (Å²) in [5.74, 6) is 0.172. The Morgan fingerprint density at radius 3 is 2.48 bits per heavy atom. The summed E-state index contributed by atoms with van der Waals surface area (Å²) in [4.78, 5) is 16.0. The fourth-order valence-corrected chi connectivity index (χ4v) is 3.68. The van der Waals surface area contributed by atoms with Crippen LogP contribution in [0.25, 0.3) is 10.6 Å². The zero-order chi connectivity index (χ0) is 18.0. The summed E-state index contributed by atoms with van der Waals surface area (Å²) in [7, 11) is 0. The van der Waals surface area contributed by atoms with Gasteiger partial charge < -0.3 is 9.84 Å². The molecule has 2 aromatic carbocycles. The van der Waals surface area contributed by atoms with Gasteiger partial charge in [-0.05, 0) is 48.9 Å². The molecule has 0 aliphatic carbocycles. The maximum Gasteiger partial charge on any atom is 0.347 e. The van der Waals surface area contributed by atoms with E-state index in [1.54, 1.807) is 30.3 Å². The molecule has 7 heteroatoms. The Morgan fingerprint density at radius 1 is 1.20 bits per heavy atom. The van der Waals surface area contributed by atoms with Gasteiger partial charge in [-0.3, -0.25) is 0 Å². The number of ether oxygens (including phenoxy) is 1. The zero-order valence-corrected chi connectivity index (χ0v) is 15.5. The van der Waals surface area contributed by atoms with E-state index in [1.165, 1.54) is 11.3 Å². The molecule has 0 saturated carbocycles. The fraction of sp³-hybridized carbons (Fsp3) is 0.111. The van der Waals surface area contributed by atoms with Gasteiger partial charge in [-0.15, -0.1) is 11.3 Å². The van der Waals surface area contributed by atoms with E-state index >= 15 is 0 Å². The zero-order valence-electron chi connectivity index (χ0n) is 13.1. The molecule has 0 aliphatic heterocycles. The molecule has 0 radical (unpaired) electrons. The van der Waals surface area contributed by atoms with E-state index in [2.05, 4.69) is 4.98 Å². The summed E-state index contributed by atoms with van der Waals surface area (Å²) in [6.07, 6.45) is 0.578. The van der Waals surface area contributed by atoms with Gasteiger partial charge >= 0.3 is 5.97 Å². The summed E-state index contributed by atoms with van der Waals surface area (Å²) in [6.45, 7) is 1.89. The van der Waals surface area contributed by atoms with Crippen LogP contribution in [0.3, 0.4) is 0 Å². The maximum atomic E-state index is 11.3. The van der Waals surface area contributed by atoms with Crippen molar-refractivity contribution in [2.45, 2.75) is 13.3 Å². The highest BCUT2D eigenvalue weighted by molar-refractivity contribution is 7.17. The van der Waals surface area contributed by atoms with E-state index in [4.69, 9.17) is 27.9 Å². The lowest BCUT2D eigenvalue weighted by atomic mass is 10.2. The highest BCUT2D eigenvalue weighted by Crippen LogP contribution is 2.33. The second kappa shape index (κ2) is 7.44. The van der Waals surface area contributed by atoms with Crippen LogP contribution in [0.4, 0.5) is 0 Å². The van der Waals surface area contributed by atoms with Gasteiger partial charge in [0.2, 0.25) is 0 Å². The van der Waals surface area contributed by atoms with Gasteiger partial charge in [0, 0.05) is 10.6 Å². The molecule has 3 rings (SSSR count). The highest BCUT2D eigenvalue weighted by Gasteiger charge is 2.16. The van der Waals surface area contributed by atoms with Gasteiger partial charge in [0.05, 0.1) is 10.7 Å². The van der Waals surface area contributed by atoms with Crippen molar-refractivity contribution in [2.24, 2.45) is 0 Å². The molecule has 0 amide bonds. The number of rotatable bonds is 5. The highest BCUT2D eigenvalue weighted by atomic mass is 35.5. The quantitative estimate of drug-likeness (QED) is 0.562. The van der Waals surface area contributed by atoms with E-state index in [1.807, 2.05) is 19.1 Å². The molecule has 0 bridgehead atoms. The van der Waals surface area contributed by atoms with E-state index in [0.717, 1.165) is 5.56 Å². The molecule has 4 nitrogen and oxygen atoms in total. The van der Waals surface area contributed by atoms with Crippen LogP contribution in [0.15, 0.2) is 42.5 Å². The fourth-order valence-electron chi connectivity index (χ4n) is 2.23. The van der Waals surface area contributed by atoms with E-state index < -0.39 is 5.97 Å². The normalized spacial score (nSPS) is 10.7. The molecule has 0 spiro atoms. The number of thiazole rings is 1. The average molecular weight is 394 g/mol. The molecule has 1 aromatic heterocycles. The number of aryl methyl sites for hydroxylation is 1. The molecule has 0 fully saturated rings. The van der Waals surface area contributed by atoms with Crippen molar-refractivity contribution in [3.8, 4) is 22.1 Å². The minimum atomic E-state index is -0.946. The molecule has 1 heterocycles. The lowest BCUT2D eigenvalue weighted by molar-refractivity contribution is 0.0701. The van der Waals surface area contributed by atoms with Crippen molar-refractivity contribution in [3.05, 3.63) is 63.1 Å². The summed E-state index contributed by atoms with van der Waals surface area (Å²) < 4.78 is 5.74. The van der Waals surface area contributed by atoms with Gasteiger partial charge in [0.25, 0.3) is 0 Å². The van der Waals surface area contributed by atoms with E-state index in [-0.39, 0.29) is 4.88 Å². The van der Waals surface area contributed by atoms with Gasteiger partial charge in [0.15, 0.2) is 0 Å². The van der Waals surface area contributed by atoms with Crippen molar-refractivity contribution in [1.29, 1.82) is 0 Å². The van der Waals surface area contributed by atoms with Gasteiger partial charge in [-0.25, -0.2) is 9.78 Å². The SMILES string of the molecule is CCc1nc(-c2ccc(Oc3ccc(Cl)cc3Cl)cc2)sc1C(=O)O. The van der Waals surface area contributed by atoms with Gasteiger partial charge in [0.1, 0.15) is 21.4 Å². The molecular weight excluding hydrogens is 381 g/mol. The minimum absolute atomic E-state index is 0.283. The van der Waals surface area contributed by atoms with Crippen LogP contribution in [0.5, 0.6) is 11.5 Å². The number of carboxylic acids is 1. The first-order valence-electron chi connectivity index (χ1n) is 7.44. The maximum absolute atomic E-state index is 11.3. The molecule has 3 aromatic rings. The summed E-state index contributed by atoms with van der Waals surface area (Å²) in [5, 5.41) is 10.9. The molecule has 128 valence electrons. The first-order chi connectivity index (χ1) is 12.0. The molecule has 1 N–H and O–H groups in total. The Balaban J connectivity index is 1.84. The molecule has 25 heavy (non-hydrogen) atoms. The monoisotopic (exact) mass is 393 g/mol. The van der Waals surface area contributed by atoms with Crippen LogP contribution in [0.2, 0.25) is 10.0 Å². The average Bonchev–Trinajstić information content (AvgIpc) is 3.03. The first-order valence-corrected chi connectivity index (χ1v) is 9.01. The summed E-state index contributed by atoms with van der Waals surface area (Å²) in [5.41, 5.74) is 1.43. The standard InChI is InChI=1S/C18H13Cl2NO3S/c1-2-14-16(18(22)23)25-17(21-14)10-3-6-12(7-4-10)24-15-8-5-11(19)9-13(15)20/h3-9H,2H2,1H3,(H,22,23). The number of halogens is 2. The van der Waals surface area contributed by atoms with Crippen molar-refractivity contribution in [3.63, 3.8) is 0 Å². The smallest absolute Gasteiger partial charge is 0.347 e. The van der Waals surface area contributed by atoms with Crippen molar-refractivity contribution >= 4 is 40.5 Å². The number of hydrogen-bond acceptors (Lipinski definition) is 4. The Bertz CT molecular complexity index is 923. The first kappa shape index (κ1) is 17.7. The minimum Gasteiger partial charge on any atom is -0.477 e. The Kier molecular flexibility index (Phi) is 5.27. The number of nitrogens with zero attached hydrogens (tertiary/aromatic N) is 1. The third kappa shape index (κ3) is 3.95. The summed E-state index contributed by atoms with van der Waals surface area (Å²) in [6, 6.07) is 12.3. The number of aromatic nitrogens is 1. The third-order valence-electron chi connectivity index (χ3n) is 3.45. The van der Waals surface area contributed by atoms with Crippen molar-refractivity contribution < 1.29 is 14.6 Å². The van der Waals surface area contributed by atoms with Crippen LogP contribution >= 0.6 is 34.5 Å². The third-order valence-corrected chi connectivity index (χ3v) is 5.11. The van der Waals surface area contributed by atoms with Crippen LogP contribution in [0.1, 0.15) is 22.3 Å². The Morgan fingerprint density at radius 2 is 1.92 bits per heavy atom. The van der Waals surface area contributed by atoms with Crippen LogP contribution in [-0.2, 0) is 6.42 Å². The topological polar surface area (TPSA) is 59.4 Å². The van der Waals surface area contributed by atoms with Crippen LogP contribution < -0.4 is 4.74 Å². The largest absolute Gasteiger partial charge is 0.477 e. The number of benzene rings is 2. The molecular formula is C18H13Cl2NO3S. The molecule has 0 unspecified atom stereocenters.